The molecule has 3 saturated carbocycles. The molecule has 0 heterocycles. The summed E-state index contributed by atoms with van der Waals surface area (Å²) >= 11 is 0. The van der Waals surface area contributed by atoms with Crippen LogP contribution < -0.4 is 0 Å². The van der Waals surface area contributed by atoms with Gasteiger partial charge in [0.05, 0.1) is 6.10 Å². The van der Waals surface area contributed by atoms with E-state index in [4.69, 9.17) is 0 Å². The summed E-state index contributed by atoms with van der Waals surface area (Å²) in [5.41, 5.74) is 2.47. The molecule has 0 aromatic rings. The predicted octanol–water partition coefficient (Wildman–Crippen LogP) is 13.4. The quantitative estimate of drug-likeness (QED) is 0.0933. The first-order chi connectivity index (χ1) is 22.5. The molecule has 1 N–H and O–H groups in total. The zero-order chi connectivity index (χ0) is 33.9. The van der Waals surface area contributed by atoms with Crippen LogP contribution in [0.5, 0.6) is 0 Å². The number of aliphatic hydroxyl groups excluding tert-OH is 1. The molecule has 0 aromatic carbocycles. The summed E-state index contributed by atoms with van der Waals surface area (Å²) in [6.45, 7) is 14.8. The van der Waals surface area contributed by atoms with Crippen molar-refractivity contribution >= 4 is 5.78 Å². The van der Waals surface area contributed by atoms with Crippen LogP contribution in [0.15, 0.2) is 11.6 Å². The Hall–Kier alpha value is -0.630. The maximum atomic E-state index is 12.7. The maximum Gasteiger partial charge on any atom is 0.133 e. The molecule has 0 aliphatic heterocycles. The highest BCUT2D eigenvalue weighted by atomic mass is 16.3. The van der Waals surface area contributed by atoms with Crippen molar-refractivity contribution in [1.82, 2.24) is 0 Å². The minimum Gasteiger partial charge on any atom is -0.393 e. The molecule has 0 radical (unpaired) electrons. The highest BCUT2D eigenvalue weighted by molar-refractivity contribution is 5.78. The van der Waals surface area contributed by atoms with Gasteiger partial charge in [-0.1, -0.05) is 150 Å². The van der Waals surface area contributed by atoms with Crippen LogP contribution in [0.3, 0.4) is 0 Å². The lowest BCUT2D eigenvalue weighted by Crippen LogP contribution is -2.50. The van der Waals surface area contributed by atoms with E-state index >= 15 is 0 Å². The molecule has 272 valence electrons. The van der Waals surface area contributed by atoms with Gasteiger partial charge in [0.25, 0.3) is 0 Å². The summed E-state index contributed by atoms with van der Waals surface area (Å²) in [6.07, 6.45) is 35.9. The van der Waals surface area contributed by atoms with Gasteiger partial charge >= 0.3 is 0 Å². The number of allylic oxidation sites excluding steroid dienone is 1. The second kappa shape index (κ2) is 19.1. The first-order valence-corrected chi connectivity index (χ1v) is 21.4. The second-order valence-corrected chi connectivity index (χ2v) is 18.8. The second-order valence-electron chi connectivity index (χ2n) is 18.8. The van der Waals surface area contributed by atoms with Crippen LogP contribution in [-0.4, -0.2) is 17.0 Å². The van der Waals surface area contributed by atoms with Gasteiger partial charge in [0.15, 0.2) is 0 Å². The van der Waals surface area contributed by atoms with E-state index in [0.29, 0.717) is 22.5 Å². The number of carbonyl (C=O) groups excluding carboxylic acids is 1. The van der Waals surface area contributed by atoms with Crippen LogP contribution in [-0.2, 0) is 4.79 Å². The average Bonchev–Trinajstić information content (AvgIpc) is 3.38. The van der Waals surface area contributed by atoms with Crippen LogP contribution in [0.25, 0.3) is 0 Å². The average molecular weight is 653 g/mol. The summed E-state index contributed by atoms with van der Waals surface area (Å²) in [5.74, 6) is 6.22. The van der Waals surface area contributed by atoms with Gasteiger partial charge in [0.2, 0.25) is 0 Å². The number of fused-ring (bicyclic) bond motifs is 5. The predicted molar refractivity (Wildman–Crippen MR) is 202 cm³/mol. The van der Waals surface area contributed by atoms with Crippen molar-refractivity contribution in [2.45, 2.75) is 215 Å². The van der Waals surface area contributed by atoms with Crippen LogP contribution in [0.2, 0.25) is 0 Å². The third kappa shape index (κ3) is 10.9. The van der Waals surface area contributed by atoms with E-state index in [1.165, 1.54) is 135 Å². The Kier molecular flexibility index (Phi) is 15.9. The Morgan fingerprint density at radius 2 is 1.38 bits per heavy atom. The van der Waals surface area contributed by atoms with Gasteiger partial charge in [-0.15, -0.1) is 0 Å². The molecule has 0 amide bonds. The lowest BCUT2D eigenvalue weighted by Gasteiger charge is -2.58. The SMILES string of the molecule is CC(C)CCCCCCCCCCCCCCC(=O)CC(C)CCC[C@@H](C)[C@H]1CC[C@H]2[C@@H]3CC=C4C[C@@H](O)CC[C@]4(C)[C@H]3CC[C@]12C. The lowest BCUT2D eigenvalue weighted by atomic mass is 9.47. The topological polar surface area (TPSA) is 37.3 Å². The molecule has 2 nitrogen and oxygen atoms in total. The van der Waals surface area contributed by atoms with Crippen molar-refractivity contribution in [3.05, 3.63) is 11.6 Å². The molecule has 4 aliphatic carbocycles. The van der Waals surface area contributed by atoms with Gasteiger partial charge in [-0.3, -0.25) is 4.79 Å². The summed E-state index contributed by atoms with van der Waals surface area (Å²) in [6, 6.07) is 0. The van der Waals surface area contributed by atoms with Crippen LogP contribution in [0.4, 0.5) is 0 Å². The Morgan fingerprint density at radius 1 is 0.745 bits per heavy atom. The van der Waals surface area contributed by atoms with Gasteiger partial charge < -0.3 is 5.11 Å². The molecule has 0 spiro atoms. The van der Waals surface area contributed by atoms with Gasteiger partial charge in [0, 0.05) is 12.8 Å². The summed E-state index contributed by atoms with van der Waals surface area (Å²) < 4.78 is 0. The van der Waals surface area contributed by atoms with Crippen molar-refractivity contribution in [3.63, 3.8) is 0 Å². The number of ketones is 1. The number of aliphatic hydroxyl groups is 1. The maximum absolute atomic E-state index is 12.7. The standard InChI is InChI=1S/C45H80O2/c1-34(2)20-17-15-13-11-9-7-8-10-12-14-16-18-23-38(46)32-35(3)21-19-22-36(4)41-26-27-42-40-25-24-37-33-39(47)28-30-44(37,5)43(40)29-31-45(41,42)6/h24,34-36,39-43,47H,7-23,25-33H2,1-6H3/t35?,36-,39+,40+,41-,42+,43+,44+,45-/m1/s1. The van der Waals surface area contributed by atoms with E-state index in [1.807, 2.05) is 0 Å². The zero-order valence-electron chi connectivity index (χ0n) is 32.4. The van der Waals surface area contributed by atoms with Crippen molar-refractivity contribution in [2.24, 2.45) is 52.3 Å². The molecular formula is C45H80O2. The highest BCUT2D eigenvalue weighted by Gasteiger charge is 2.59. The number of carbonyl (C=O) groups is 1. The smallest absolute Gasteiger partial charge is 0.133 e. The van der Waals surface area contributed by atoms with E-state index in [-0.39, 0.29) is 6.10 Å². The normalized spacial score (nSPS) is 33.2. The van der Waals surface area contributed by atoms with Gasteiger partial charge in [-0.25, -0.2) is 0 Å². The van der Waals surface area contributed by atoms with Crippen molar-refractivity contribution in [1.29, 1.82) is 0 Å². The molecular weight excluding hydrogens is 572 g/mol. The molecule has 0 aromatic heterocycles. The monoisotopic (exact) mass is 653 g/mol. The van der Waals surface area contributed by atoms with Crippen LogP contribution in [0.1, 0.15) is 208 Å². The van der Waals surface area contributed by atoms with Crippen molar-refractivity contribution < 1.29 is 9.90 Å². The molecule has 0 saturated heterocycles. The zero-order valence-corrected chi connectivity index (χ0v) is 32.4. The van der Waals surface area contributed by atoms with E-state index < -0.39 is 0 Å². The van der Waals surface area contributed by atoms with Gasteiger partial charge in [0.1, 0.15) is 5.78 Å². The minimum atomic E-state index is -0.101. The van der Waals surface area contributed by atoms with E-state index in [9.17, 15) is 9.90 Å². The lowest BCUT2D eigenvalue weighted by molar-refractivity contribution is -0.120. The van der Waals surface area contributed by atoms with Crippen LogP contribution >= 0.6 is 0 Å². The molecule has 1 unspecified atom stereocenters. The Bertz CT molecular complexity index is 950. The molecule has 9 atom stereocenters. The highest BCUT2D eigenvalue weighted by Crippen LogP contribution is 2.67. The van der Waals surface area contributed by atoms with Gasteiger partial charge in [-0.2, -0.15) is 0 Å². The van der Waals surface area contributed by atoms with E-state index in [2.05, 4.69) is 47.6 Å². The minimum absolute atomic E-state index is 0.101. The Labute approximate surface area is 293 Å². The largest absolute Gasteiger partial charge is 0.393 e. The summed E-state index contributed by atoms with van der Waals surface area (Å²) in [5, 5.41) is 10.3. The van der Waals surface area contributed by atoms with Crippen molar-refractivity contribution in [2.75, 3.05) is 0 Å². The first kappa shape index (κ1) is 39.2. The third-order valence-electron chi connectivity index (χ3n) is 14.8. The van der Waals surface area contributed by atoms with Crippen molar-refractivity contribution in [3.8, 4) is 0 Å². The summed E-state index contributed by atoms with van der Waals surface area (Å²) in [7, 11) is 0. The number of hydrogen-bond acceptors (Lipinski definition) is 2. The molecule has 3 fully saturated rings. The Balaban J connectivity index is 1.03. The third-order valence-corrected chi connectivity index (χ3v) is 14.8. The molecule has 47 heavy (non-hydrogen) atoms. The number of hydrogen-bond donors (Lipinski definition) is 1. The Morgan fingerprint density at radius 3 is 2.04 bits per heavy atom. The van der Waals surface area contributed by atoms with E-state index in [0.717, 1.165) is 67.6 Å². The molecule has 0 bridgehead atoms. The number of unbranched alkanes of at least 4 members (excludes halogenated alkanes) is 11. The fourth-order valence-electron chi connectivity index (χ4n) is 11.8. The first-order valence-electron chi connectivity index (χ1n) is 21.4. The fraction of sp³-hybridized carbons (Fsp3) is 0.933. The molecule has 2 heteroatoms. The molecule has 4 aliphatic rings. The molecule has 4 rings (SSSR count). The van der Waals surface area contributed by atoms with E-state index in [1.54, 1.807) is 5.57 Å². The van der Waals surface area contributed by atoms with Crippen LogP contribution in [0, 0.1) is 52.3 Å². The number of rotatable bonds is 22. The fourth-order valence-corrected chi connectivity index (χ4v) is 11.8. The summed E-state index contributed by atoms with van der Waals surface area (Å²) in [4.78, 5) is 12.7. The van der Waals surface area contributed by atoms with Gasteiger partial charge in [-0.05, 0) is 110 Å². The number of Topliss-reactive ketones (excluding diaryl/α,β-unsaturated/α-hetero) is 1.